The largest absolute Gasteiger partial charge is 0.306 e. The minimum atomic E-state index is -0.568. The molecule has 1 aromatic heterocycles. The van der Waals surface area contributed by atoms with E-state index in [0.717, 1.165) is 11.2 Å². The summed E-state index contributed by atoms with van der Waals surface area (Å²) in [5, 5.41) is 43.5. The van der Waals surface area contributed by atoms with Crippen molar-refractivity contribution in [2.45, 2.75) is 13.1 Å². The average molecular weight is 466 g/mol. The fourth-order valence-electron chi connectivity index (χ4n) is 3.80. The second kappa shape index (κ2) is 8.47. The second-order valence-corrected chi connectivity index (χ2v) is 7.76. The number of aromatic nitrogens is 2. The van der Waals surface area contributed by atoms with E-state index in [2.05, 4.69) is 20.4 Å². The molecule has 0 saturated carbocycles. The van der Waals surface area contributed by atoms with Crippen molar-refractivity contribution in [2.75, 3.05) is 19.1 Å². The third kappa shape index (κ3) is 3.79. The zero-order valence-electron chi connectivity index (χ0n) is 19.1. The summed E-state index contributed by atoms with van der Waals surface area (Å²) >= 11 is 0. The van der Waals surface area contributed by atoms with E-state index < -0.39 is 16.0 Å². The topological polar surface area (TPSA) is 152 Å². The number of nitro groups is 2. The third-order valence-electron chi connectivity index (χ3n) is 5.81. The molecule has 0 bridgehead atoms. The number of amidine groups is 1. The second-order valence-electron chi connectivity index (χ2n) is 7.76. The van der Waals surface area contributed by atoms with Gasteiger partial charge in [0.15, 0.2) is 17.5 Å². The minimum absolute atomic E-state index is 0.0272. The van der Waals surface area contributed by atoms with E-state index in [4.69, 9.17) is 0 Å². The molecule has 1 atom stereocenters. The number of anilines is 1. The highest BCUT2D eigenvalue weighted by atomic mass is 16.6. The highest BCUT2D eigenvalue weighted by Crippen LogP contribution is 2.40. The van der Waals surface area contributed by atoms with Gasteiger partial charge in [0.05, 0.1) is 26.4 Å². The monoisotopic (exact) mass is 466 g/mol. The maximum absolute atomic E-state index is 11.2. The van der Waals surface area contributed by atoms with Crippen LogP contribution < -0.4 is 10.5 Å². The maximum Gasteiger partial charge on any atom is 0.270 e. The molecular weight excluding hydrogens is 444 g/mol. The van der Waals surface area contributed by atoms with Crippen LogP contribution in [0.2, 0.25) is 0 Å². The zero-order chi connectivity index (χ0) is 24.7. The average Bonchev–Trinajstić information content (AvgIpc) is 3.19. The van der Waals surface area contributed by atoms with Gasteiger partial charge >= 0.3 is 0 Å². The SMILES string of the molecule is CC(N=NC1c2cc([N+](=O)[O-])ccc2N(C)N1C)=NN=c1c2cc([N+](=O)[O-])ccc2n(C)n1C. The molecule has 4 rings (SSSR count). The summed E-state index contributed by atoms with van der Waals surface area (Å²) in [6.07, 6.45) is -0.568. The number of nitrogens with zero attached hydrogens (tertiary/aromatic N) is 10. The van der Waals surface area contributed by atoms with Gasteiger partial charge in [0.2, 0.25) is 0 Å². The first kappa shape index (κ1) is 22.7. The Morgan fingerprint density at radius 1 is 0.941 bits per heavy atom. The number of aryl methyl sites for hydroxylation is 1. The van der Waals surface area contributed by atoms with Gasteiger partial charge in [-0.25, -0.2) is 0 Å². The van der Waals surface area contributed by atoms with Crippen molar-refractivity contribution in [1.29, 1.82) is 0 Å². The van der Waals surface area contributed by atoms with Crippen LogP contribution in [0.3, 0.4) is 0 Å². The Labute approximate surface area is 193 Å². The normalized spacial score (nSPS) is 17.2. The fraction of sp³-hybridized carbons (Fsp3) is 0.300. The molecule has 1 unspecified atom stereocenters. The standard InChI is InChI=1S/C20H22N10O4/c1-12(21-23-19-15-10-13(29(31)32)6-8-17(15)25(2)27(19)4)22-24-20-16-11-14(30(33)34)7-9-18(16)26(3)28(20)5/h6-11,19H,1-5H3. The molecule has 34 heavy (non-hydrogen) atoms. The van der Waals surface area contributed by atoms with E-state index >= 15 is 0 Å². The van der Waals surface area contributed by atoms with Gasteiger partial charge in [0.25, 0.3) is 11.4 Å². The Kier molecular flexibility index (Phi) is 5.66. The van der Waals surface area contributed by atoms with Crippen LogP contribution in [-0.2, 0) is 14.1 Å². The predicted molar refractivity (Wildman–Crippen MR) is 124 cm³/mol. The molecule has 0 aliphatic carbocycles. The molecule has 2 heterocycles. The maximum atomic E-state index is 11.2. The van der Waals surface area contributed by atoms with Crippen molar-refractivity contribution in [3.05, 3.63) is 67.7 Å². The van der Waals surface area contributed by atoms with Crippen molar-refractivity contribution >= 4 is 33.8 Å². The van der Waals surface area contributed by atoms with Crippen molar-refractivity contribution in [3.8, 4) is 0 Å². The number of benzene rings is 2. The van der Waals surface area contributed by atoms with Crippen LogP contribution in [0, 0.1) is 20.2 Å². The quantitative estimate of drug-likeness (QED) is 0.189. The fourth-order valence-corrected chi connectivity index (χ4v) is 3.80. The van der Waals surface area contributed by atoms with E-state index in [-0.39, 0.29) is 17.2 Å². The van der Waals surface area contributed by atoms with Gasteiger partial charge in [-0.05, 0) is 19.1 Å². The van der Waals surface area contributed by atoms with E-state index in [1.165, 1.54) is 24.3 Å². The Balaban J connectivity index is 1.69. The number of nitro benzene ring substituents is 2. The number of hydrogen-bond acceptors (Lipinski definition) is 9. The van der Waals surface area contributed by atoms with Gasteiger partial charge in [-0.3, -0.25) is 29.6 Å². The summed E-state index contributed by atoms with van der Waals surface area (Å²) in [6, 6.07) is 9.16. The number of fused-ring (bicyclic) bond motifs is 2. The van der Waals surface area contributed by atoms with Crippen molar-refractivity contribution in [2.24, 2.45) is 34.5 Å². The minimum Gasteiger partial charge on any atom is -0.306 e. The van der Waals surface area contributed by atoms with Crippen LogP contribution in [0.4, 0.5) is 17.1 Å². The van der Waals surface area contributed by atoms with Gasteiger partial charge < -0.3 is 5.01 Å². The molecule has 0 fully saturated rings. The summed E-state index contributed by atoms with van der Waals surface area (Å²) < 4.78 is 3.52. The van der Waals surface area contributed by atoms with Crippen LogP contribution in [0.5, 0.6) is 0 Å². The molecular formula is C20H22N10O4. The van der Waals surface area contributed by atoms with E-state index in [1.807, 2.05) is 19.1 Å². The number of hydrogen-bond donors (Lipinski definition) is 0. The Morgan fingerprint density at radius 2 is 1.59 bits per heavy atom. The molecule has 3 aromatic rings. The number of azo groups is 1. The molecule has 14 heteroatoms. The molecule has 0 saturated heterocycles. The third-order valence-corrected chi connectivity index (χ3v) is 5.81. The molecule has 0 N–H and O–H groups in total. The van der Waals surface area contributed by atoms with Crippen LogP contribution >= 0.6 is 0 Å². The van der Waals surface area contributed by atoms with E-state index in [0.29, 0.717) is 16.4 Å². The lowest BCUT2D eigenvalue weighted by atomic mass is 10.1. The van der Waals surface area contributed by atoms with Gasteiger partial charge in [0, 0.05) is 58.0 Å². The lowest BCUT2D eigenvalue weighted by molar-refractivity contribution is -0.385. The number of rotatable bonds is 4. The van der Waals surface area contributed by atoms with Crippen LogP contribution in [0.25, 0.3) is 10.9 Å². The molecule has 2 aromatic carbocycles. The Hall–Kier alpha value is -4.46. The van der Waals surface area contributed by atoms with Crippen molar-refractivity contribution in [3.63, 3.8) is 0 Å². The van der Waals surface area contributed by atoms with Crippen LogP contribution in [-0.4, -0.2) is 44.2 Å². The first-order valence-corrected chi connectivity index (χ1v) is 10.1. The molecule has 0 radical (unpaired) electrons. The summed E-state index contributed by atoms with van der Waals surface area (Å²) in [5.74, 6) is 0.248. The van der Waals surface area contributed by atoms with Crippen molar-refractivity contribution < 1.29 is 9.85 Å². The van der Waals surface area contributed by atoms with Gasteiger partial charge in [-0.2, -0.15) is 10.1 Å². The zero-order valence-corrected chi connectivity index (χ0v) is 19.1. The molecule has 1 aliphatic heterocycles. The Morgan fingerprint density at radius 3 is 2.26 bits per heavy atom. The first-order valence-electron chi connectivity index (χ1n) is 10.1. The molecule has 0 spiro atoms. The van der Waals surface area contributed by atoms with Gasteiger partial charge in [-0.1, -0.05) is 0 Å². The summed E-state index contributed by atoms with van der Waals surface area (Å²) in [4.78, 5) is 21.5. The highest BCUT2D eigenvalue weighted by molar-refractivity contribution is 5.81. The van der Waals surface area contributed by atoms with Crippen molar-refractivity contribution in [1.82, 2.24) is 14.4 Å². The van der Waals surface area contributed by atoms with Gasteiger partial charge in [0.1, 0.15) is 0 Å². The summed E-state index contributed by atoms with van der Waals surface area (Å²) in [5.41, 5.74) is 2.56. The smallest absolute Gasteiger partial charge is 0.270 e. The molecule has 1 aliphatic rings. The summed E-state index contributed by atoms with van der Waals surface area (Å²) in [6.45, 7) is 1.62. The van der Waals surface area contributed by atoms with Crippen LogP contribution in [0.1, 0.15) is 18.7 Å². The molecule has 176 valence electrons. The number of hydrazine groups is 1. The molecule has 0 amide bonds. The van der Waals surface area contributed by atoms with Gasteiger partial charge in [-0.15, -0.1) is 15.3 Å². The molecule has 14 nitrogen and oxygen atoms in total. The lowest BCUT2D eigenvalue weighted by Crippen LogP contribution is -2.32. The Bertz CT molecular complexity index is 1450. The number of non-ortho nitro benzene ring substituents is 2. The van der Waals surface area contributed by atoms with Crippen LogP contribution in [0.15, 0.2) is 56.8 Å². The first-order chi connectivity index (χ1) is 16.1. The highest BCUT2D eigenvalue weighted by Gasteiger charge is 2.33. The van der Waals surface area contributed by atoms with E-state index in [1.54, 1.807) is 47.5 Å². The predicted octanol–water partition coefficient (Wildman–Crippen LogP) is 3.01. The lowest BCUT2D eigenvalue weighted by Gasteiger charge is -2.23. The summed E-state index contributed by atoms with van der Waals surface area (Å²) in [7, 11) is 7.21. The van der Waals surface area contributed by atoms with E-state index in [9.17, 15) is 20.2 Å².